The van der Waals surface area contributed by atoms with Crippen molar-refractivity contribution in [1.29, 1.82) is 0 Å². The third-order valence-corrected chi connectivity index (χ3v) is 3.02. The van der Waals surface area contributed by atoms with Crippen LogP contribution in [0.2, 0.25) is 0 Å². The van der Waals surface area contributed by atoms with Gasteiger partial charge in [0.15, 0.2) is 6.61 Å². The Hall–Kier alpha value is -2.89. The van der Waals surface area contributed by atoms with E-state index in [1.807, 2.05) is 6.92 Å². The van der Waals surface area contributed by atoms with Crippen molar-refractivity contribution in [2.24, 2.45) is 0 Å². The van der Waals surface area contributed by atoms with Crippen LogP contribution >= 0.6 is 0 Å². The zero-order valence-electron chi connectivity index (χ0n) is 12.8. The summed E-state index contributed by atoms with van der Waals surface area (Å²) in [6, 6.07) is 10.5. The Morgan fingerprint density at radius 2 is 1.96 bits per heavy atom. The molecule has 0 aliphatic heterocycles. The van der Waals surface area contributed by atoms with Gasteiger partial charge in [0, 0.05) is 5.69 Å². The molecule has 23 heavy (non-hydrogen) atoms. The molecule has 0 aromatic heterocycles. The van der Waals surface area contributed by atoms with Gasteiger partial charge in [-0.25, -0.2) is 9.18 Å². The van der Waals surface area contributed by atoms with Gasteiger partial charge in [0.1, 0.15) is 17.1 Å². The van der Waals surface area contributed by atoms with Gasteiger partial charge in [-0.15, -0.1) is 0 Å². The maximum Gasteiger partial charge on any atom is 0.342 e. The number of ether oxygens (including phenoxy) is 2. The van der Waals surface area contributed by atoms with Crippen LogP contribution in [0, 0.1) is 12.7 Å². The summed E-state index contributed by atoms with van der Waals surface area (Å²) in [7, 11) is 1.44. The van der Waals surface area contributed by atoms with Crippen LogP contribution in [0.3, 0.4) is 0 Å². The number of rotatable bonds is 5. The second kappa shape index (κ2) is 7.40. The highest BCUT2D eigenvalue weighted by atomic mass is 19.1. The number of hydrogen-bond donors (Lipinski definition) is 1. The molecule has 2 aromatic rings. The number of hydrogen-bond acceptors (Lipinski definition) is 4. The highest BCUT2D eigenvalue weighted by Crippen LogP contribution is 2.20. The largest absolute Gasteiger partial charge is 0.496 e. The fourth-order valence-corrected chi connectivity index (χ4v) is 1.95. The number of anilines is 1. The van der Waals surface area contributed by atoms with Crippen LogP contribution in [0.15, 0.2) is 42.5 Å². The molecule has 1 N–H and O–H groups in total. The van der Waals surface area contributed by atoms with Gasteiger partial charge in [0.25, 0.3) is 5.91 Å². The summed E-state index contributed by atoms with van der Waals surface area (Å²) in [5, 5.41) is 2.44. The third kappa shape index (κ3) is 4.54. The van der Waals surface area contributed by atoms with Crippen molar-refractivity contribution >= 4 is 17.6 Å². The maximum atomic E-state index is 13.0. The average Bonchev–Trinajstić information content (AvgIpc) is 2.52. The second-order valence-corrected chi connectivity index (χ2v) is 4.84. The highest BCUT2D eigenvalue weighted by molar-refractivity contribution is 5.96. The Labute approximate surface area is 133 Å². The van der Waals surface area contributed by atoms with Gasteiger partial charge in [-0.3, -0.25) is 4.79 Å². The number of methoxy groups -OCH3 is 1. The number of halogens is 1. The van der Waals surface area contributed by atoms with Gasteiger partial charge in [-0.2, -0.15) is 0 Å². The van der Waals surface area contributed by atoms with Crippen LogP contribution in [-0.2, 0) is 9.53 Å². The summed E-state index contributed by atoms with van der Waals surface area (Å²) in [6.45, 7) is 1.35. The predicted octanol–water partition coefficient (Wildman–Crippen LogP) is 2.94. The lowest BCUT2D eigenvalue weighted by atomic mass is 10.1. The molecular formula is C17H16FNO4. The lowest BCUT2D eigenvalue weighted by Gasteiger charge is -2.10. The molecule has 2 aromatic carbocycles. The van der Waals surface area contributed by atoms with E-state index in [0.29, 0.717) is 11.4 Å². The van der Waals surface area contributed by atoms with Crippen molar-refractivity contribution in [3.05, 3.63) is 59.4 Å². The molecule has 0 aliphatic carbocycles. The minimum atomic E-state index is -0.667. The normalized spacial score (nSPS) is 10.0. The molecule has 0 bridgehead atoms. The van der Waals surface area contributed by atoms with Crippen LogP contribution in [0.4, 0.5) is 10.1 Å². The summed E-state index contributed by atoms with van der Waals surface area (Å²) >= 11 is 0. The number of benzene rings is 2. The number of esters is 1. The first-order valence-corrected chi connectivity index (χ1v) is 6.87. The van der Waals surface area contributed by atoms with Crippen LogP contribution in [0.25, 0.3) is 0 Å². The van der Waals surface area contributed by atoms with Gasteiger partial charge < -0.3 is 14.8 Å². The number of amides is 1. The van der Waals surface area contributed by atoms with Crippen molar-refractivity contribution in [1.82, 2.24) is 0 Å². The molecule has 2 rings (SSSR count). The predicted molar refractivity (Wildman–Crippen MR) is 83.0 cm³/mol. The zero-order valence-corrected chi connectivity index (χ0v) is 12.8. The lowest BCUT2D eigenvalue weighted by molar-refractivity contribution is -0.119. The van der Waals surface area contributed by atoms with Crippen molar-refractivity contribution in [2.45, 2.75) is 6.92 Å². The standard InChI is InChI=1S/C17H16FNO4/c1-11-6-7-15(22-2)14(8-11)17(21)23-10-16(20)19-13-5-3-4-12(18)9-13/h3-9H,10H2,1-2H3,(H,19,20). The summed E-state index contributed by atoms with van der Waals surface area (Å²) in [6.07, 6.45) is 0. The first-order valence-electron chi connectivity index (χ1n) is 6.87. The smallest absolute Gasteiger partial charge is 0.342 e. The van der Waals surface area contributed by atoms with Crippen LogP contribution < -0.4 is 10.1 Å². The number of carbonyl (C=O) groups is 2. The molecular weight excluding hydrogens is 301 g/mol. The van der Waals surface area contributed by atoms with E-state index in [2.05, 4.69) is 5.32 Å². The zero-order chi connectivity index (χ0) is 16.8. The van der Waals surface area contributed by atoms with Crippen LogP contribution in [0.5, 0.6) is 5.75 Å². The topological polar surface area (TPSA) is 64.6 Å². The molecule has 0 aliphatic rings. The Kier molecular flexibility index (Phi) is 5.30. The molecule has 120 valence electrons. The van der Waals surface area contributed by atoms with E-state index in [1.165, 1.54) is 31.4 Å². The third-order valence-electron chi connectivity index (χ3n) is 3.02. The Balaban J connectivity index is 1.96. The van der Waals surface area contributed by atoms with Crippen molar-refractivity contribution in [3.63, 3.8) is 0 Å². The molecule has 0 heterocycles. The van der Waals surface area contributed by atoms with Gasteiger partial charge in [0.05, 0.1) is 7.11 Å². The maximum absolute atomic E-state index is 13.0. The summed E-state index contributed by atoms with van der Waals surface area (Å²) in [4.78, 5) is 23.8. The molecule has 5 nitrogen and oxygen atoms in total. The monoisotopic (exact) mass is 317 g/mol. The Morgan fingerprint density at radius 3 is 2.65 bits per heavy atom. The van der Waals surface area contributed by atoms with Gasteiger partial charge in [-0.1, -0.05) is 17.7 Å². The van der Waals surface area contributed by atoms with Gasteiger partial charge in [-0.05, 0) is 37.3 Å². The molecule has 0 fully saturated rings. The molecule has 0 radical (unpaired) electrons. The minimum Gasteiger partial charge on any atom is -0.496 e. The second-order valence-electron chi connectivity index (χ2n) is 4.84. The van der Waals surface area contributed by atoms with Crippen LogP contribution in [-0.4, -0.2) is 25.6 Å². The SMILES string of the molecule is COc1ccc(C)cc1C(=O)OCC(=O)Nc1cccc(F)c1. The van der Waals surface area contributed by atoms with Gasteiger partial charge >= 0.3 is 5.97 Å². The number of nitrogens with one attached hydrogen (secondary N) is 1. The van der Waals surface area contributed by atoms with Crippen molar-refractivity contribution in [2.75, 3.05) is 19.0 Å². The molecule has 1 amide bonds. The first-order chi connectivity index (χ1) is 11.0. The average molecular weight is 317 g/mol. The van der Waals surface area contributed by atoms with E-state index >= 15 is 0 Å². The molecule has 0 unspecified atom stereocenters. The van der Waals surface area contributed by atoms with Crippen molar-refractivity contribution in [3.8, 4) is 5.75 Å². The Bertz CT molecular complexity index is 730. The summed E-state index contributed by atoms with van der Waals surface area (Å²) in [5.74, 6) is -1.33. The van der Waals surface area contributed by atoms with E-state index in [9.17, 15) is 14.0 Å². The molecule has 0 saturated carbocycles. The van der Waals surface area contributed by atoms with E-state index in [1.54, 1.807) is 18.2 Å². The molecule has 0 atom stereocenters. The summed E-state index contributed by atoms with van der Waals surface area (Å²) < 4.78 is 23.1. The lowest BCUT2D eigenvalue weighted by Crippen LogP contribution is -2.21. The first kappa shape index (κ1) is 16.5. The van der Waals surface area contributed by atoms with E-state index in [-0.39, 0.29) is 5.56 Å². The van der Waals surface area contributed by atoms with Crippen molar-refractivity contribution < 1.29 is 23.5 Å². The highest BCUT2D eigenvalue weighted by Gasteiger charge is 2.15. The van der Waals surface area contributed by atoms with Gasteiger partial charge in [0.2, 0.25) is 0 Å². The minimum absolute atomic E-state index is 0.242. The molecule has 6 heteroatoms. The Morgan fingerprint density at radius 1 is 1.17 bits per heavy atom. The quantitative estimate of drug-likeness (QED) is 0.861. The van der Waals surface area contributed by atoms with E-state index in [0.717, 1.165) is 5.56 Å². The molecule has 0 saturated heterocycles. The fraction of sp³-hybridized carbons (Fsp3) is 0.176. The molecule has 0 spiro atoms. The fourth-order valence-electron chi connectivity index (χ4n) is 1.95. The van der Waals surface area contributed by atoms with E-state index < -0.39 is 24.3 Å². The summed E-state index contributed by atoms with van der Waals surface area (Å²) in [5.41, 5.74) is 1.40. The number of aryl methyl sites for hydroxylation is 1. The number of carbonyl (C=O) groups excluding carboxylic acids is 2. The van der Waals surface area contributed by atoms with Crippen LogP contribution in [0.1, 0.15) is 15.9 Å². The van der Waals surface area contributed by atoms with E-state index in [4.69, 9.17) is 9.47 Å².